The predicted octanol–water partition coefficient (Wildman–Crippen LogP) is 5.62. The van der Waals surface area contributed by atoms with Gasteiger partial charge in [0.2, 0.25) is 5.91 Å². The molecule has 2 aliphatic rings. The molecule has 1 atom stereocenters. The van der Waals surface area contributed by atoms with Crippen molar-refractivity contribution in [3.05, 3.63) is 59.7 Å². The van der Waals surface area contributed by atoms with Gasteiger partial charge in [-0.3, -0.25) is 4.79 Å². The number of ether oxygens (including phenoxy) is 1. The molecule has 3 aromatic rings. The van der Waals surface area contributed by atoms with E-state index in [2.05, 4.69) is 35.4 Å². The molecule has 2 fully saturated rings. The molecule has 2 aromatic carbocycles. The molecule has 1 amide bonds. The van der Waals surface area contributed by atoms with Gasteiger partial charge < -0.3 is 24.2 Å². The molecule has 1 saturated heterocycles. The van der Waals surface area contributed by atoms with Crippen molar-refractivity contribution in [2.24, 2.45) is 0 Å². The lowest BCUT2D eigenvalue weighted by molar-refractivity contribution is -0.140. The van der Waals surface area contributed by atoms with Gasteiger partial charge in [0.05, 0.1) is 29.5 Å². The zero-order chi connectivity index (χ0) is 27.4. The number of fused-ring (bicyclic) bond motifs is 1. The standard InChI is InChI=1S/C32H41N3O4/c1-3-33(4-2)20-26-21-34(17-18-39-26)29(36)22-35-28-19-25(32(37)38)15-16-27(28)30(23-11-7-5-8-12-23)31(35)24-13-9-6-10-14-24/h6,9-10,13-16,19,23,26H,3-5,7-8,11-12,17-18,20-22H2,1-2H3,(H,37,38). The number of likely N-dealkylation sites (N-methyl/N-ethyl adjacent to an activating group) is 1. The number of carbonyl (C=O) groups excluding carboxylic acids is 1. The van der Waals surface area contributed by atoms with Crippen LogP contribution in [0, 0.1) is 0 Å². The van der Waals surface area contributed by atoms with Gasteiger partial charge in [-0.15, -0.1) is 0 Å². The third-order valence-corrected chi connectivity index (χ3v) is 8.55. The second kappa shape index (κ2) is 12.3. The van der Waals surface area contributed by atoms with Crippen LogP contribution in [0.4, 0.5) is 0 Å². The third kappa shape index (κ3) is 5.89. The summed E-state index contributed by atoms with van der Waals surface area (Å²) in [6, 6.07) is 15.7. The largest absolute Gasteiger partial charge is 0.478 e. The van der Waals surface area contributed by atoms with E-state index >= 15 is 0 Å². The molecule has 1 aliphatic heterocycles. The van der Waals surface area contributed by atoms with Crippen LogP contribution in [0.3, 0.4) is 0 Å². The zero-order valence-electron chi connectivity index (χ0n) is 23.3. The van der Waals surface area contributed by atoms with Gasteiger partial charge in [0.15, 0.2) is 0 Å². The first-order valence-corrected chi connectivity index (χ1v) is 14.6. The monoisotopic (exact) mass is 531 g/mol. The Morgan fingerprint density at radius 3 is 2.46 bits per heavy atom. The molecule has 7 nitrogen and oxygen atoms in total. The molecule has 0 bridgehead atoms. The van der Waals surface area contributed by atoms with Gasteiger partial charge in [0.1, 0.15) is 6.54 Å². The molecule has 7 heteroatoms. The number of hydrogen-bond acceptors (Lipinski definition) is 4. The number of carboxylic acid groups (broad SMARTS) is 1. The average Bonchev–Trinajstić information content (AvgIpc) is 3.30. The average molecular weight is 532 g/mol. The van der Waals surface area contributed by atoms with E-state index in [1.54, 1.807) is 12.1 Å². The van der Waals surface area contributed by atoms with Gasteiger partial charge in [0.25, 0.3) is 0 Å². The van der Waals surface area contributed by atoms with Gasteiger partial charge in [0, 0.05) is 25.0 Å². The van der Waals surface area contributed by atoms with E-state index in [1.807, 2.05) is 29.2 Å². The lowest BCUT2D eigenvalue weighted by Gasteiger charge is -2.35. The predicted molar refractivity (Wildman–Crippen MR) is 154 cm³/mol. The molecular weight excluding hydrogens is 490 g/mol. The number of morpholine rings is 1. The minimum Gasteiger partial charge on any atom is -0.478 e. The van der Waals surface area contributed by atoms with Crippen LogP contribution >= 0.6 is 0 Å². The summed E-state index contributed by atoms with van der Waals surface area (Å²) in [6.07, 6.45) is 5.87. The Bertz CT molecular complexity index is 1290. The normalized spacial score (nSPS) is 18.6. The number of aromatic nitrogens is 1. The Morgan fingerprint density at radius 2 is 1.77 bits per heavy atom. The fraction of sp³-hybridized carbons (Fsp3) is 0.500. The van der Waals surface area contributed by atoms with Crippen molar-refractivity contribution < 1.29 is 19.4 Å². The van der Waals surface area contributed by atoms with Crippen molar-refractivity contribution in [1.82, 2.24) is 14.4 Å². The van der Waals surface area contributed by atoms with Crippen molar-refractivity contribution in [1.29, 1.82) is 0 Å². The van der Waals surface area contributed by atoms with E-state index in [0.717, 1.165) is 54.6 Å². The molecule has 0 radical (unpaired) electrons. The molecule has 1 N–H and O–H groups in total. The van der Waals surface area contributed by atoms with Gasteiger partial charge in [-0.1, -0.05) is 69.5 Å². The Morgan fingerprint density at radius 1 is 1.03 bits per heavy atom. The summed E-state index contributed by atoms with van der Waals surface area (Å²) in [7, 11) is 0. The third-order valence-electron chi connectivity index (χ3n) is 8.55. The fourth-order valence-corrected chi connectivity index (χ4v) is 6.45. The highest BCUT2D eigenvalue weighted by molar-refractivity contribution is 5.99. The number of rotatable bonds is 9. The fourth-order valence-electron chi connectivity index (χ4n) is 6.45. The summed E-state index contributed by atoms with van der Waals surface area (Å²) in [4.78, 5) is 30.1. The van der Waals surface area contributed by atoms with E-state index in [4.69, 9.17) is 4.74 Å². The minimum absolute atomic E-state index is 0.00554. The Kier molecular flexibility index (Phi) is 8.68. The lowest BCUT2D eigenvalue weighted by Crippen LogP contribution is -2.50. The first-order chi connectivity index (χ1) is 19.0. The lowest BCUT2D eigenvalue weighted by atomic mass is 9.82. The van der Waals surface area contributed by atoms with Gasteiger partial charge in [-0.25, -0.2) is 4.79 Å². The van der Waals surface area contributed by atoms with Crippen LogP contribution in [0.15, 0.2) is 48.5 Å². The Hall–Kier alpha value is -3.16. The van der Waals surface area contributed by atoms with E-state index in [9.17, 15) is 14.7 Å². The summed E-state index contributed by atoms with van der Waals surface area (Å²) < 4.78 is 8.12. The van der Waals surface area contributed by atoms with Crippen LogP contribution in [0.2, 0.25) is 0 Å². The maximum Gasteiger partial charge on any atom is 0.335 e. The molecule has 1 aromatic heterocycles. The molecular formula is C32H41N3O4. The van der Waals surface area contributed by atoms with Crippen LogP contribution in [0.25, 0.3) is 22.2 Å². The summed E-state index contributed by atoms with van der Waals surface area (Å²) in [5.74, 6) is -0.512. The summed E-state index contributed by atoms with van der Waals surface area (Å²) >= 11 is 0. The molecule has 39 heavy (non-hydrogen) atoms. The summed E-state index contributed by atoms with van der Waals surface area (Å²) in [6.45, 7) is 8.87. The van der Waals surface area contributed by atoms with Crippen molar-refractivity contribution in [2.45, 2.75) is 64.5 Å². The Labute approximate surface area is 231 Å². The number of benzene rings is 2. The second-order valence-corrected chi connectivity index (χ2v) is 10.9. The van der Waals surface area contributed by atoms with Crippen molar-refractivity contribution in [2.75, 3.05) is 39.3 Å². The number of amides is 1. The number of aromatic carboxylic acids is 1. The molecule has 1 saturated carbocycles. The van der Waals surface area contributed by atoms with Crippen LogP contribution in [-0.4, -0.2) is 76.8 Å². The van der Waals surface area contributed by atoms with E-state index in [1.165, 1.54) is 24.8 Å². The number of nitrogens with zero attached hydrogens (tertiary/aromatic N) is 3. The number of hydrogen-bond donors (Lipinski definition) is 1. The topological polar surface area (TPSA) is 75.0 Å². The van der Waals surface area contributed by atoms with Gasteiger partial charge in [-0.2, -0.15) is 0 Å². The van der Waals surface area contributed by atoms with Crippen molar-refractivity contribution in [3.8, 4) is 11.3 Å². The first-order valence-electron chi connectivity index (χ1n) is 14.6. The highest BCUT2D eigenvalue weighted by Gasteiger charge is 2.30. The highest BCUT2D eigenvalue weighted by Crippen LogP contribution is 2.44. The van der Waals surface area contributed by atoms with Gasteiger partial charge in [-0.05, 0) is 55.1 Å². The maximum atomic E-state index is 13.9. The van der Waals surface area contributed by atoms with Crippen LogP contribution < -0.4 is 0 Å². The molecule has 5 rings (SSSR count). The van der Waals surface area contributed by atoms with Crippen molar-refractivity contribution in [3.63, 3.8) is 0 Å². The van der Waals surface area contributed by atoms with Crippen molar-refractivity contribution >= 4 is 22.8 Å². The van der Waals surface area contributed by atoms with E-state index in [-0.39, 0.29) is 24.1 Å². The smallest absolute Gasteiger partial charge is 0.335 e. The first kappa shape index (κ1) is 27.4. The minimum atomic E-state index is -0.955. The van der Waals surface area contributed by atoms with Crippen LogP contribution in [0.5, 0.6) is 0 Å². The summed E-state index contributed by atoms with van der Waals surface area (Å²) in [5.41, 5.74) is 4.47. The SMILES string of the molecule is CCN(CC)CC1CN(C(=O)Cn2c(-c3ccccc3)c(C3CCCCC3)c3ccc(C(=O)O)cc32)CCO1. The van der Waals surface area contributed by atoms with Crippen LogP contribution in [0.1, 0.15) is 67.8 Å². The number of carbonyl (C=O) groups is 2. The Balaban J connectivity index is 1.56. The second-order valence-electron chi connectivity index (χ2n) is 10.9. The molecule has 0 spiro atoms. The maximum absolute atomic E-state index is 13.9. The quantitative estimate of drug-likeness (QED) is 0.388. The number of carboxylic acids is 1. The zero-order valence-corrected chi connectivity index (χ0v) is 23.3. The van der Waals surface area contributed by atoms with E-state index < -0.39 is 5.97 Å². The summed E-state index contributed by atoms with van der Waals surface area (Å²) in [5, 5.41) is 10.9. The van der Waals surface area contributed by atoms with E-state index in [0.29, 0.717) is 25.6 Å². The molecule has 208 valence electrons. The van der Waals surface area contributed by atoms with Gasteiger partial charge >= 0.3 is 5.97 Å². The molecule has 1 aliphatic carbocycles. The van der Waals surface area contributed by atoms with Crippen LogP contribution in [-0.2, 0) is 16.1 Å². The molecule has 2 heterocycles. The molecule has 1 unspecified atom stereocenters. The highest BCUT2D eigenvalue weighted by atomic mass is 16.5.